The van der Waals surface area contributed by atoms with Crippen LogP contribution in [-0.2, 0) is 19.5 Å². The van der Waals surface area contributed by atoms with Gasteiger partial charge in [-0.15, -0.1) is 0 Å². The molecule has 0 radical (unpaired) electrons. The lowest BCUT2D eigenvalue weighted by Gasteiger charge is -2.27. The Morgan fingerprint density at radius 1 is 1.40 bits per heavy atom. The van der Waals surface area contributed by atoms with Crippen molar-refractivity contribution >= 4 is 11.8 Å². The minimum Gasteiger partial charge on any atom is -0.301 e. The lowest BCUT2D eigenvalue weighted by atomic mass is 10.1. The molecule has 0 unspecified atom stereocenters. The zero-order valence-corrected chi connectivity index (χ0v) is 12.0. The van der Waals surface area contributed by atoms with E-state index >= 15 is 0 Å². The minimum atomic E-state index is -0.0200. The molecule has 2 aromatic heterocycles. The molecule has 6 nitrogen and oxygen atoms in total. The van der Waals surface area contributed by atoms with Crippen LogP contribution in [0.3, 0.4) is 0 Å². The summed E-state index contributed by atoms with van der Waals surface area (Å²) in [5.74, 6) is 0. The van der Waals surface area contributed by atoms with Crippen LogP contribution in [0, 0.1) is 0 Å². The number of thioether (sulfide) groups is 1. The lowest BCUT2D eigenvalue weighted by Crippen LogP contribution is -2.35. The first-order valence-corrected chi connectivity index (χ1v) is 7.61. The van der Waals surface area contributed by atoms with E-state index in [4.69, 9.17) is 0 Å². The van der Waals surface area contributed by atoms with Crippen molar-refractivity contribution in [1.29, 1.82) is 0 Å². The Morgan fingerprint density at radius 3 is 2.95 bits per heavy atom. The maximum absolute atomic E-state index is 12.1. The molecule has 0 amide bonds. The highest BCUT2D eigenvalue weighted by Crippen LogP contribution is 2.17. The van der Waals surface area contributed by atoms with E-state index in [9.17, 15) is 4.79 Å². The fraction of sp³-hybridized carbons (Fsp3) is 0.385. The van der Waals surface area contributed by atoms with Gasteiger partial charge in [0.1, 0.15) is 6.33 Å². The van der Waals surface area contributed by atoms with Gasteiger partial charge in [0.05, 0.1) is 11.3 Å². The largest absolute Gasteiger partial charge is 0.301 e. The molecule has 20 heavy (non-hydrogen) atoms. The molecule has 0 spiro atoms. The molecule has 104 valence electrons. The highest BCUT2D eigenvalue weighted by molar-refractivity contribution is 7.98. The third-order valence-corrected chi connectivity index (χ3v) is 3.92. The molecule has 1 aliphatic heterocycles. The van der Waals surface area contributed by atoms with Crippen molar-refractivity contribution in [3.63, 3.8) is 0 Å². The predicted molar refractivity (Wildman–Crippen MR) is 76.5 cm³/mol. The quantitative estimate of drug-likeness (QED) is 0.666. The predicted octanol–water partition coefficient (Wildman–Crippen LogP) is 0.840. The Labute approximate surface area is 120 Å². The van der Waals surface area contributed by atoms with Gasteiger partial charge in [-0.25, -0.2) is 15.0 Å². The molecule has 0 atom stereocenters. The smallest absolute Gasteiger partial charge is 0.256 e. The highest BCUT2D eigenvalue weighted by Gasteiger charge is 2.21. The van der Waals surface area contributed by atoms with Crippen molar-refractivity contribution in [2.75, 3.05) is 12.8 Å². The van der Waals surface area contributed by atoms with E-state index in [0.29, 0.717) is 11.7 Å². The molecule has 3 heterocycles. The van der Waals surface area contributed by atoms with Crippen LogP contribution in [0.2, 0.25) is 0 Å². The van der Waals surface area contributed by atoms with Crippen LogP contribution in [0.5, 0.6) is 0 Å². The van der Waals surface area contributed by atoms with Gasteiger partial charge in [-0.3, -0.25) is 9.69 Å². The molecule has 3 rings (SSSR count). The molecule has 1 aliphatic rings. The summed E-state index contributed by atoms with van der Waals surface area (Å²) < 4.78 is 0. The Kier molecular flexibility index (Phi) is 3.79. The van der Waals surface area contributed by atoms with Crippen LogP contribution in [-0.4, -0.2) is 37.6 Å². The van der Waals surface area contributed by atoms with Crippen molar-refractivity contribution in [1.82, 2.24) is 24.8 Å². The number of fused-ring (bicyclic) bond motifs is 1. The van der Waals surface area contributed by atoms with Gasteiger partial charge >= 0.3 is 0 Å². The first kappa shape index (κ1) is 13.3. The van der Waals surface area contributed by atoms with Gasteiger partial charge in [0.2, 0.25) is 0 Å². The van der Waals surface area contributed by atoms with Crippen molar-refractivity contribution in [3.8, 4) is 0 Å². The number of hydrogen-bond acceptors (Lipinski definition) is 6. The molecule has 0 bridgehead atoms. The Bertz CT molecular complexity index is 658. The number of aromatic amines is 1. The van der Waals surface area contributed by atoms with Gasteiger partial charge in [0.15, 0.2) is 5.16 Å². The van der Waals surface area contributed by atoms with Crippen molar-refractivity contribution in [2.45, 2.75) is 24.7 Å². The van der Waals surface area contributed by atoms with Crippen LogP contribution in [0.15, 0.2) is 28.7 Å². The fourth-order valence-corrected chi connectivity index (χ4v) is 2.76. The molecule has 0 saturated heterocycles. The van der Waals surface area contributed by atoms with Crippen LogP contribution >= 0.6 is 11.8 Å². The van der Waals surface area contributed by atoms with Gasteiger partial charge in [-0.05, 0) is 6.26 Å². The van der Waals surface area contributed by atoms with Gasteiger partial charge in [-0.2, -0.15) is 0 Å². The second-order valence-electron chi connectivity index (χ2n) is 4.71. The van der Waals surface area contributed by atoms with Crippen LogP contribution in [0.25, 0.3) is 0 Å². The van der Waals surface area contributed by atoms with Gasteiger partial charge in [-0.1, -0.05) is 11.8 Å². The number of aromatic nitrogens is 4. The number of rotatable bonds is 3. The van der Waals surface area contributed by atoms with E-state index in [-0.39, 0.29) is 5.56 Å². The van der Waals surface area contributed by atoms with Gasteiger partial charge in [0, 0.05) is 44.0 Å². The average Bonchev–Trinajstić information content (AvgIpc) is 2.48. The standard InChI is InChI=1S/C13H15N5OS/c1-20-13-16-11-2-3-18(7-10(11)12(19)17-13)6-9-4-14-8-15-5-9/h4-5,8H,2-3,6-7H2,1H3,(H,16,17,19). The Balaban J connectivity index is 1.80. The molecule has 0 aliphatic carbocycles. The number of H-pyrrole nitrogens is 1. The van der Waals surface area contributed by atoms with E-state index in [0.717, 1.165) is 36.3 Å². The van der Waals surface area contributed by atoms with E-state index in [1.165, 1.54) is 18.1 Å². The number of nitrogens with one attached hydrogen (secondary N) is 1. The molecule has 7 heteroatoms. The van der Waals surface area contributed by atoms with E-state index in [1.807, 2.05) is 18.6 Å². The Morgan fingerprint density at radius 2 is 2.20 bits per heavy atom. The number of hydrogen-bond donors (Lipinski definition) is 1. The number of nitrogens with zero attached hydrogens (tertiary/aromatic N) is 4. The normalized spacial score (nSPS) is 15.1. The molecular weight excluding hydrogens is 274 g/mol. The van der Waals surface area contributed by atoms with Crippen molar-refractivity contribution in [3.05, 3.63) is 45.9 Å². The van der Waals surface area contributed by atoms with Crippen molar-refractivity contribution in [2.24, 2.45) is 0 Å². The summed E-state index contributed by atoms with van der Waals surface area (Å²) in [6, 6.07) is 0. The van der Waals surface area contributed by atoms with Crippen LogP contribution in [0.4, 0.5) is 0 Å². The van der Waals surface area contributed by atoms with Crippen LogP contribution in [0.1, 0.15) is 16.8 Å². The van der Waals surface area contributed by atoms with Gasteiger partial charge in [0.25, 0.3) is 5.56 Å². The zero-order valence-electron chi connectivity index (χ0n) is 11.2. The van der Waals surface area contributed by atoms with E-state index in [1.54, 1.807) is 0 Å². The summed E-state index contributed by atoms with van der Waals surface area (Å²) in [5.41, 5.74) is 2.75. The Hall–Kier alpha value is -1.73. The fourth-order valence-electron chi connectivity index (χ4n) is 2.36. The molecule has 1 N–H and O–H groups in total. The lowest BCUT2D eigenvalue weighted by molar-refractivity contribution is 0.240. The molecule has 0 saturated carbocycles. The SMILES string of the molecule is CSc1nc2c(c(=O)[nH]1)CN(Cc1cncnc1)CC2. The van der Waals surface area contributed by atoms with E-state index in [2.05, 4.69) is 24.8 Å². The van der Waals surface area contributed by atoms with E-state index < -0.39 is 0 Å². The highest BCUT2D eigenvalue weighted by atomic mass is 32.2. The minimum absolute atomic E-state index is 0.0200. The summed E-state index contributed by atoms with van der Waals surface area (Å²) in [5, 5.41) is 0.693. The molecule has 0 fully saturated rings. The first-order chi connectivity index (χ1) is 9.76. The summed E-state index contributed by atoms with van der Waals surface area (Å²) in [6.07, 6.45) is 7.85. The molecule has 2 aromatic rings. The summed E-state index contributed by atoms with van der Waals surface area (Å²) >= 11 is 1.46. The summed E-state index contributed by atoms with van der Waals surface area (Å²) in [7, 11) is 0. The van der Waals surface area contributed by atoms with Crippen molar-refractivity contribution < 1.29 is 0 Å². The maximum Gasteiger partial charge on any atom is 0.256 e. The third-order valence-electron chi connectivity index (χ3n) is 3.34. The zero-order chi connectivity index (χ0) is 13.9. The second kappa shape index (κ2) is 5.72. The maximum atomic E-state index is 12.1. The summed E-state index contributed by atoms with van der Waals surface area (Å²) in [4.78, 5) is 29.6. The third kappa shape index (κ3) is 2.73. The average molecular weight is 289 g/mol. The van der Waals surface area contributed by atoms with Gasteiger partial charge < -0.3 is 4.98 Å². The first-order valence-electron chi connectivity index (χ1n) is 6.38. The molecule has 0 aromatic carbocycles. The molecular formula is C13H15N5OS. The summed E-state index contributed by atoms with van der Waals surface area (Å²) in [6.45, 7) is 2.28. The second-order valence-corrected chi connectivity index (χ2v) is 5.50. The monoisotopic (exact) mass is 289 g/mol. The van der Waals surface area contributed by atoms with Crippen LogP contribution < -0.4 is 5.56 Å². The topological polar surface area (TPSA) is 74.8 Å².